The number of anilines is 3. The zero-order valence-corrected chi connectivity index (χ0v) is 15.3. The number of nitrogens with zero attached hydrogens (tertiary/aromatic N) is 3. The van der Waals surface area contributed by atoms with Gasteiger partial charge in [0, 0.05) is 23.8 Å². The largest absolute Gasteiger partial charge is 0.364 e. The van der Waals surface area contributed by atoms with E-state index in [2.05, 4.69) is 25.3 Å². The number of hydrogen-bond acceptors (Lipinski definition) is 8. The summed E-state index contributed by atoms with van der Waals surface area (Å²) in [4.78, 5) is 18.6. The molecular formula is C14H17ClN6O4S. The lowest BCUT2D eigenvalue weighted by atomic mass is 10.3. The van der Waals surface area contributed by atoms with Gasteiger partial charge in [0.1, 0.15) is 6.20 Å². The monoisotopic (exact) mass is 400 g/mol. The van der Waals surface area contributed by atoms with Gasteiger partial charge in [-0.05, 0) is 30.7 Å². The van der Waals surface area contributed by atoms with Crippen LogP contribution in [0.1, 0.15) is 6.42 Å². The van der Waals surface area contributed by atoms with Crippen molar-refractivity contribution >= 4 is 44.8 Å². The number of sulfonamides is 1. The quantitative estimate of drug-likeness (QED) is 0.330. The maximum absolute atomic E-state index is 11.1. The summed E-state index contributed by atoms with van der Waals surface area (Å²) in [7, 11) is -3.27. The van der Waals surface area contributed by atoms with E-state index in [0.717, 1.165) is 12.5 Å². The van der Waals surface area contributed by atoms with Crippen LogP contribution in [0.4, 0.5) is 23.1 Å². The molecule has 0 aliphatic heterocycles. The molecule has 0 saturated carbocycles. The fraction of sp³-hybridized carbons (Fsp3) is 0.286. The maximum Gasteiger partial charge on any atom is 0.329 e. The zero-order valence-electron chi connectivity index (χ0n) is 13.8. The van der Waals surface area contributed by atoms with Crippen molar-refractivity contribution < 1.29 is 13.3 Å². The van der Waals surface area contributed by atoms with E-state index in [1.165, 1.54) is 0 Å². The summed E-state index contributed by atoms with van der Waals surface area (Å²) in [5.74, 6) is 0.218. The number of halogens is 1. The average Bonchev–Trinajstić information content (AvgIpc) is 2.55. The first kappa shape index (κ1) is 19.8. The van der Waals surface area contributed by atoms with E-state index in [0.29, 0.717) is 23.7 Å². The second-order valence-electron chi connectivity index (χ2n) is 5.26. The predicted octanol–water partition coefficient (Wildman–Crippen LogP) is 2.13. The van der Waals surface area contributed by atoms with Crippen molar-refractivity contribution in [2.24, 2.45) is 0 Å². The topological polar surface area (TPSA) is 139 Å². The minimum atomic E-state index is -3.27. The molecule has 3 N–H and O–H groups in total. The molecule has 2 rings (SSSR count). The third-order valence-electron chi connectivity index (χ3n) is 3.08. The first-order valence-corrected chi connectivity index (χ1v) is 9.74. The van der Waals surface area contributed by atoms with Crippen molar-refractivity contribution in [3.63, 3.8) is 0 Å². The van der Waals surface area contributed by atoms with Crippen LogP contribution in [0, 0.1) is 10.1 Å². The molecule has 26 heavy (non-hydrogen) atoms. The normalized spacial score (nSPS) is 11.2. The number of aromatic nitrogens is 2. The van der Waals surface area contributed by atoms with Crippen molar-refractivity contribution in [3.05, 3.63) is 45.6 Å². The Morgan fingerprint density at radius 2 is 1.92 bits per heavy atom. The van der Waals surface area contributed by atoms with E-state index in [1.807, 2.05) is 0 Å². The van der Waals surface area contributed by atoms with E-state index < -0.39 is 14.9 Å². The Hall–Kier alpha value is -2.50. The van der Waals surface area contributed by atoms with Crippen LogP contribution in [-0.4, -0.2) is 42.7 Å². The highest BCUT2D eigenvalue weighted by atomic mass is 35.5. The Balaban J connectivity index is 2.05. The van der Waals surface area contributed by atoms with Crippen LogP contribution < -0.4 is 15.4 Å². The summed E-state index contributed by atoms with van der Waals surface area (Å²) < 4.78 is 24.3. The molecule has 0 radical (unpaired) electrons. The van der Waals surface area contributed by atoms with Crippen molar-refractivity contribution in [1.29, 1.82) is 0 Å². The first-order chi connectivity index (χ1) is 12.2. The van der Waals surface area contributed by atoms with E-state index in [-0.39, 0.29) is 24.0 Å². The lowest BCUT2D eigenvalue weighted by Gasteiger charge is -2.09. The highest BCUT2D eigenvalue weighted by Gasteiger charge is 2.17. The van der Waals surface area contributed by atoms with Crippen LogP contribution >= 0.6 is 11.6 Å². The molecule has 0 atom stereocenters. The lowest BCUT2D eigenvalue weighted by molar-refractivity contribution is -0.384. The average molecular weight is 401 g/mol. The Kier molecular flexibility index (Phi) is 6.66. The molecule has 0 amide bonds. The molecule has 0 spiro atoms. The van der Waals surface area contributed by atoms with Gasteiger partial charge in [0.25, 0.3) is 0 Å². The second kappa shape index (κ2) is 8.74. The number of hydrogen-bond donors (Lipinski definition) is 3. The van der Waals surface area contributed by atoms with Crippen LogP contribution in [-0.2, 0) is 10.0 Å². The highest BCUT2D eigenvalue weighted by molar-refractivity contribution is 7.88. The maximum atomic E-state index is 11.1. The number of nitro groups is 1. The Morgan fingerprint density at radius 3 is 2.54 bits per heavy atom. The Morgan fingerprint density at radius 1 is 1.23 bits per heavy atom. The van der Waals surface area contributed by atoms with Gasteiger partial charge in [-0.2, -0.15) is 4.98 Å². The Bertz CT molecular complexity index is 876. The summed E-state index contributed by atoms with van der Waals surface area (Å²) in [5.41, 5.74) is 0.397. The summed E-state index contributed by atoms with van der Waals surface area (Å²) in [5, 5.41) is 17.4. The number of rotatable bonds is 9. The molecule has 1 aromatic heterocycles. The van der Waals surface area contributed by atoms with Crippen molar-refractivity contribution in [2.45, 2.75) is 6.42 Å². The van der Waals surface area contributed by atoms with E-state index in [4.69, 9.17) is 11.6 Å². The third kappa shape index (κ3) is 6.43. The minimum Gasteiger partial charge on any atom is -0.364 e. The summed E-state index contributed by atoms with van der Waals surface area (Å²) in [6, 6.07) is 6.81. The molecule has 10 nitrogen and oxygen atoms in total. The van der Waals surface area contributed by atoms with Crippen LogP contribution in [0.5, 0.6) is 0 Å². The minimum absolute atomic E-state index is 0.0424. The molecule has 0 aliphatic rings. The van der Waals surface area contributed by atoms with Gasteiger partial charge < -0.3 is 10.6 Å². The van der Waals surface area contributed by atoms with Gasteiger partial charge in [0.05, 0.1) is 11.2 Å². The molecule has 0 fully saturated rings. The smallest absolute Gasteiger partial charge is 0.329 e. The second-order valence-corrected chi connectivity index (χ2v) is 7.53. The first-order valence-electron chi connectivity index (χ1n) is 7.47. The molecule has 2 aromatic rings. The molecule has 0 unspecified atom stereocenters. The zero-order chi connectivity index (χ0) is 19.2. The van der Waals surface area contributed by atoms with Gasteiger partial charge in [-0.15, -0.1) is 0 Å². The molecule has 1 heterocycles. The standard InChI is InChI=1S/C14H17ClN6O4S/c1-26(24,25)18-8-2-7-16-13-12(21(22)23)9-17-14(20-13)19-11-5-3-10(15)4-6-11/h3-6,9,18H,2,7-8H2,1H3,(H2,16,17,19,20). The molecule has 1 aromatic carbocycles. The van der Waals surface area contributed by atoms with Crippen molar-refractivity contribution in [1.82, 2.24) is 14.7 Å². The lowest BCUT2D eigenvalue weighted by Crippen LogP contribution is -2.24. The van der Waals surface area contributed by atoms with E-state index in [1.54, 1.807) is 24.3 Å². The van der Waals surface area contributed by atoms with Crippen LogP contribution in [0.3, 0.4) is 0 Å². The summed E-state index contributed by atoms with van der Waals surface area (Å²) in [6.07, 6.45) is 2.58. The van der Waals surface area contributed by atoms with Crippen molar-refractivity contribution in [2.75, 3.05) is 30.0 Å². The van der Waals surface area contributed by atoms with Gasteiger partial charge in [0.15, 0.2) is 0 Å². The molecule has 0 saturated heterocycles. The van der Waals surface area contributed by atoms with Gasteiger partial charge in [-0.25, -0.2) is 18.1 Å². The van der Waals surface area contributed by atoms with E-state index >= 15 is 0 Å². The predicted molar refractivity (Wildman–Crippen MR) is 99.4 cm³/mol. The molecular weight excluding hydrogens is 384 g/mol. The summed E-state index contributed by atoms with van der Waals surface area (Å²) >= 11 is 5.82. The van der Waals surface area contributed by atoms with Crippen molar-refractivity contribution in [3.8, 4) is 0 Å². The van der Waals surface area contributed by atoms with Crippen LogP contribution in [0.15, 0.2) is 30.5 Å². The summed E-state index contributed by atoms with van der Waals surface area (Å²) in [6.45, 7) is 0.501. The third-order valence-corrected chi connectivity index (χ3v) is 4.06. The molecule has 0 aliphatic carbocycles. The fourth-order valence-corrected chi connectivity index (χ4v) is 2.56. The van der Waals surface area contributed by atoms with Crippen LogP contribution in [0.2, 0.25) is 5.02 Å². The van der Waals surface area contributed by atoms with Crippen LogP contribution in [0.25, 0.3) is 0 Å². The Labute approximate surface area is 155 Å². The van der Waals surface area contributed by atoms with Gasteiger partial charge >= 0.3 is 5.69 Å². The van der Waals surface area contributed by atoms with E-state index in [9.17, 15) is 18.5 Å². The number of nitrogens with one attached hydrogen (secondary N) is 3. The molecule has 0 bridgehead atoms. The number of benzene rings is 1. The SMILES string of the molecule is CS(=O)(=O)NCCCNc1nc(Nc2ccc(Cl)cc2)ncc1[N+](=O)[O-]. The molecule has 12 heteroatoms. The van der Waals surface area contributed by atoms with Gasteiger partial charge in [-0.1, -0.05) is 11.6 Å². The fourth-order valence-electron chi connectivity index (χ4n) is 1.91. The van der Waals surface area contributed by atoms with Gasteiger partial charge in [0.2, 0.25) is 21.8 Å². The molecule has 140 valence electrons. The highest BCUT2D eigenvalue weighted by Crippen LogP contribution is 2.24. The van der Waals surface area contributed by atoms with Gasteiger partial charge in [-0.3, -0.25) is 10.1 Å².